The molecule has 170 valence electrons. The van der Waals surface area contributed by atoms with E-state index in [2.05, 4.69) is 26.0 Å². The minimum absolute atomic E-state index is 0.00451. The average molecular weight is 535 g/mol. The van der Waals surface area contributed by atoms with Gasteiger partial charge in [-0.15, -0.1) is 11.8 Å². The lowest BCUT2D eigenvalue weighted by Gasteiger charge is -2.24. The maximum atomic E-state index is 13.2. The Hall–Kier alpha value is -3.43. The number of anilines is 1. The van der Waals surface area contributed by atoms with Gasteiger partial charge < -0.3 is 4.74 Å². The number of carbonyl (C=O) groups is 2. The summed E-state index contributed by atoms with van der Waals surface area (Å²) in [6.45, 7) is 0. The van der Waals surface area contributed by atoms with Crippen molar-refractivity contribution in [2.24, 2.45) is 0 Å². The molecule has 4 aromatic rings. The number of amides is 1. The van der Waals surface area contributed by atoms with Gasteiger partial charge in [-0.25, -0.2) is 4.68 Å². The smallest absolute Gasteiger partial charge is 0.278 e. The van der Waals surface area contributed by atoms with Crippen molar-refractivity contribution in [2.45, 2.75) is 5.37 Å². The molecule has 3 heterocycles. The Bertz CT molecular complexity index is 1340. The van der Waals surface area contributed by atoms with Crippen LogP contribution in [-0.2, 0) is 4.79 Å². The molecule has 1 fully saturated rings. The molecule has 1 unspecified atom stereocenters. The first kappa shape index (κ1) is 22.4. The van der Waals surface area contributed by atoms with Crippen molar-refractivity contribution in [3.8, 4) is 17.0 Å². The van der Waals surface area contributed by atoms with E-state index < -0.39 is 0 Å². The summed E-state index contributed by atoms with van der Waals surface area (Å²) in [6.07, 6.45) is 4.88. The summed E-state index contributed by atoms with van der Waals surface area (Å²) in [7, 11) is 1.60. The van der Waals surface area contributed by atoms with Gasteiger partial charge in [0.05, 0.1) is 18.6 Å². The number of aromatic nitrogens is 3. The minimum Gasteiger partial charge on any atom is -0.497 e. The van der Waals surface area contributed by atoms with E-state index in [1.807, 2.05) is 48.5 Å². The molecule has 0 spiro atoms. The number of thioether (sulfide) groups is 1. The van der Waals surface area contributed by atoms with Crippen LogP contribution in [0.3, 0.4) is 0 Å². The molecule has 0 bridgehead atoms. The first-order valence-electron chi connectivity index (χ1n) is 10.4. The molecule has 1 aliphatic rings. The van der Waals surface area contributed by atoms with Crippen molar-refractivity contribution >= 4 is 45.2 Å². The van der Waals surface area contributed by atoms with Crippen LogP contribution in [-0.4, -0.2) is 39.4 Å². The Morgan fingerprint density at radius 1 is 1.06 bits per heavy atom. The second-order valence-electron chi connectivity index (χ2n) is 7.55. The number of pyridine rings is 1. The van der Waals surface area contributed by atoms with Crippen molar-refractivity contribution in [1.29, 1.82) is 0 Å². The van der Waals surface area contributed by atoms with Gasteiger partial charge in [0, 0.05) is 45.4 Å². The number of hydrogen-bond donors (Lipinski definition) is 0. The summed E-state index contributed by atoms with van der Waals surface area (Å²) >= 11 is 4.98. The summed E-state index contributed by atoms with van der Waals surface area (Å²) < 4.78 is 7.55. The molecule has 5 rings (SSSR count). The Balaban J connectivity index is 1.61. The van der Waals surface area contributed by atoms with Gasteiger partial charge in [-0.05, 0) is 48.5 Å². The van der Waals surface area contributed by atoms with E-state index in [0.717, 1.165) is 21.3 Å². The highest BCUT2D eigenvalue weighted by Crippen LogP contribution is 2.45. The Morgan fingerprint density at radius 3 is 2.44 bits per heavy atom. The van der Waals surface area contributed by atoms with Crippen LogP contribution in [0.1, 0.15) is 21.3 Å². The van der Waals surface area contributed by atoms with E-state index in [0.29, 0.717) is 22.8 Å². The summed E-state index contributed by atoms with van der Waals surface area (Å²) in [5.74, 6) is 0.776. The Kier molecular flexibility index (Phi) is 6.21. The number of methoxy groups -OCH3 is 1. The largest absolute Gasteiger partial charge is 0.497 e. The summed E-state index contributed by atoms with van der Waals surface area (Å²) in [4.78, 5) is 31.8. The topological polar surface area (TPSA) is 77.3 Å². The molecule has 1 atom stereocenters. The second-order valence-corrected chi connectivity index (χ2v) is 9.53. The van der Waals surface area contributed by atoms with Gasteiger partial charge in [0.1, 0.15) is 11.1 Å². The number of hydrogen-bond acceptors (Lipinski definition) is 6. The predicted molar refractivity (Wildman–Crippen MR) is 135 cm³/mol. The van der Waals surface area contributed by atoms with E-state index in [9.17, 15) is 9.59 Å². The molecule has 1 amide bonds. The van der Waals surface area contributed by atoms with Crippen LogP contribution >= 0.6 is 27.7 Å². The van der Waals surface area contributed by atoms with Gasteiger partial charge in [0.2, 0.25) is 5.91 Å². The molecule has 34 heavy (non-hydrogen) atoms. The Morgan fingerprint density at radius 2 is 1.76 bits per heavy atom. The molecular weight excluding hydrogens is 516 g/mol. The van der Waals surface area contributed by atoms with Crippen LogP contribution < -0.4 is 9.64 Å². The molecule has 0 N–H and O–H groups in total. The molecule has 9 heteroatoms. The monoisotopic (exact) mass is 534 g/mol. The van der Waals surface area contributed by atoms with Crippen LogP contribution in [0.5, 0.6) is 5.75 Å². The van der Waals surface area contributed by atoms with E-state index in [1.165, 1.54) is 16.4 Å². The molecule has 2 aromatic carbocycles. The SMILES string of the molecule is COc1ccc(N2C(=O)CSC2c2cn(C(=O)c3ccncc3)nc2-c2ccc(Br)cc2)cc1. The van der Waals surface area contributed by atoms with E-state index in [-0.39, 0.29) is 17.2 Å². The fourth-order valence-corrected chi connectivity index (χ4v) is 5.25. The average Bonchev–Trinajstić information content (AvgIpc) is 3.48. The molecule has 0 saturated carbocycles. The van der Waals surface area contributed by atoms with Gasteiger partial charge in [-0.2, -0.15) is 5.10 Å². The molecule has 0 radical (unpaired) electrons. The fourth-order valence-electron chi connectivity index (χ4n) is 3.81. The number of benzene rings is 2. The fraction of sp³-hybridized carbons (Fsp3) is 0.120. The summed E-state index contributed by atoms with van der Waals surface area (Å²) in [6, 6.07) is 18.4. The molecular formula is C25H19BrN4O3S. The number of rotatable bonds is 5. The second kappa shape index (κ2) is 9.44. The number of carbonyl (C=O) groups excluding carboxylic acids is 2. The van der Waals surface area contributed by atoms with Crippen molar-refractivity contribution < 1.29 is 14.3 Å². The molecule has 2 aromatic heterocycles. The third kappa shape index (κ3) is 4.24. The van der Waals surface area contributed by atoms with Crippen LogP contribution in [0.15, 0.2) is 83.7 Å². The minimum atomic E-state index is -0.335. The lowest BCUT2D eigenvalue weighted by molar-refractivity contribution is -0.115. The zero-order valence-corrected chi connectivity index (χ0v) is 20.5. The molecule has 0 aliphatic carbocycles. The van der Waals surface area contributed by atoms with Gasteiger partial charge in [0.25, 0.3) is 5.91 Å². The molecule has 1 saturated heterocycles. The van der Waals surface area contributed by atoms with Crippen molar-refractivity contribution in [1.82, 2.24) is 14.8 Å². The highest BCUT2D eigenvalue weighted by atomic mass is 79.9. The number of halogens is 1. The third-order valence-corrected chi connectivity index (χ3v) is 7.20. The van der Waals surface area contributed by atoms with Gasteiger partial charge >= 0.3 is 0 Å². The van der Waals surface area contributed by atoms with Gasteiger partial charge in [-0.1, -0.05) is 28.1 Å². The number of nitrogens with zero attached hydrogens (tertiary/aromatic N) is 4. The first-order chi connectivity index (χ1) is 16.5. The maximum Gasteiger partial charge on any atom is 0.278 e. The number of ether oxygens (including phenoxy) is 1. The standard InChI is InChI=1S/C25H19BrN4O3S/c1-33-20-8-6-19(7-9-20)30-22(31)15-34-25(30)21-14-29(24(32)17-10-12-27-13-11-17)28-23(21)16-2-4-18(26)5-3-16/h2-14,25H,15H2,1H3. The highest BCUT2D eigenvalue weighted by Gasteiger charge is 2.37. The van der Waals surface area contributed by atoms with E-state index in [1.54, 1.807) is 42.7 Å². The normalized spacial score (nSPS) is 15.5. The van der Waals surface area contributed by atoms with Crippen LogP contribution in [0, 0.1) is 0 Å². The molecule has 7 nitrogen and oxygen atoms in total. The quantitative estimate of drug-likeness (QED) is 0.351. The van der Waals surface area contributed by atoms with Crippen molar-refractivity contribution in [3.05, 3.63) is 94.9 Å². The van der Waals surface area contributed by atoms with Crippen LogP contribution in [0.2, 0.25) is 0 Å². The van der Waals surface area contributed by atoms with Crippen molar-refractivity contribution in [3.63, 3.8) is 0 Å². The highest BCUT2D eigenvalue weighted by molar-refractivity contribution is 9.10. The van der Waals surface area contributed by atoms with Gasteiger partial charge in [0.15, 0.2) is 0 Å². The lowest BCUT2D eigenvalue weighted by atomic mass is 10.1. The van der Waals surface area contributed by atoms with Crippen LogP contribution in [0.4, 0.5) is 5.69 Å². The van der Waals surface area contributed by atoms with Crippen molar-refractivity contribution in [2.75, 3.05) is 17.8 Å². The molecule has 1 aliphatic heterocycles. The third-order valence-electron chi connectivity index (χ3n) is 5.48. The zero-order chi connectivity index (χ0) is 23.7. The summed E-state index contributed by atoms with van der Waals surface area (Å²) in [5, 5.41) is 4.34. The Labute approximate surface area is 208 Å². The zero-order valence-electron chi connectivity index (χ0n) is 18.1. The lowest BCUT2D eigenvalue weighted by Crippen LogP contribution is -2.27. The first-order valence-corrected chi connectivity index (χ1v) is 12.3. The summed E-state index contributed by atoms with van der Waals surface area (Å²) in [5.41, 5.74) is 3.54. The predicted octanol–water partition coefficient (Wildman–Crippen LogP) is 5.18. The maximum absolute atomic E-state index is 13.2. The van der Waals surface area contributed by atoms with E-state index >= 15 is 0 Å². The van der Waals surface area contributed by atoms with E-state index in [4.69, 9.17) is 4.74 Å². The van der Waals surface area contributed by atoms with Gasteiger partial charge in [-0.3, -0.25) is 19.5 Å². The van der Waals surface area contributed by atoms with Crippen LogP contribution in [0.25, 0.3) is 11.3 Å².